The Labute approximate surface area is 296 Å². The van der Waals surface area contributed by atoms with E-state index in [2.05, 4.69) is 138 Å². The molecule has 0 unspecified atom stereocenters. The van der Waals surface area contributed by atoms with Crippen LogP contribution >= 0.6 is 0 Å². The van der Waals surface area contributed by atoms with Gasteiger partial charge in [-0.05, 0) is 105 Å². The Morgan fingerprint density at radius 3 is 1.41 bits per heavy atom. The van der Waals surface area contributed by atoms with E-state index in [1.807, 2.05) is 48.7 Å². The van der Waals surface area contributed by atoms with Gasteiger partial charge in [-0.15, -0.1) is 0 Å². The van der Waals surface area contributed by atoms with Crippen molar-refractivity contribution >= 4 is 21.9 Å². The van der Waals surface area contributed by atoms with Gasteiger partial charge in [0.15, 0.2) is 0 Å². The number of furan rings is 1. The van der Waals surface area contributed by atoms with Gasteiger partial charge in [0.1, 0.15) is 11.2 Å². The second-order valence-electron chi connectivity index (χ2n) is 12.7. The van der Waals surface area contributed by atoms with E-state index in [1.54, 1.807) is 6.20 Å². The Balaban J connectivity index is 1.27. The lowest BCUT2D eigenvalue weighted by molar-refractivity contribution is 0.671. The molecule has 0 saturated heterocycles. The molecular formula is C48H30N2O. The van der Waals surface area contributed by atoms with E-state index >= 15 is 0 Å². The summed E-state index contributed by atoms with van der Waals surface area (Å²) < 4.78 is 6.85. The van der Waals surface area contributed by atoms with Crippen LogP contribution in [0.4, 0.5) is 0 Å². The quantitative estimate of drug-likeness (QED) is 0.180. The molecule has 0 aliphatic rings. The van der Waals surface area contributed by atoms with E-state index in [9.17, 15) is 5.26 Å². The normalized spacial score (nSPS) is 11.1. The molecule has 9 aromatic rings. The fourth-order valence-electron chi connectivity index (χ4n) is 7.04. The van der Waals surface area contributed by atoms with Crippen molar-refractivity contribution in [1.29, 1.82) is 5.26 Å². The molecule has 0 atom stereocenters. The van der Waals surface area contributed by atoms with Crippen LogP contribution in [0.15, 0.2) is 187 Å². The molecule has 0 aliphatic heterocycles. The number of nitriles is 1. The highest BCUT2D eigenvalue weighted by atomic mass is 16.3. The van der Waals surface area contributed by atoms with Crippen molar-refractivity contribution < 1.29 is 4.42 Å². The molecule has 2 aromatic heterocycles. The van der Waals surface area contributed by atoms with Crippen molar-refractivity contribution in [3.05, 3.63) is 188 Å². The van der Waals surface area contributed by atoms with Crippen LogP contribution in [0.5, 0.6) is 0 Å². The number of hydrogen-bond donors (Lipinski definition) is 0. The lowest BCUT2D eigenvalue weighted by atomic mass is 9.89. The van der Waals surface area contributed by atoms with Crippen LogP contribution in [0.25, 0.3) is 88.7 Å². The number of hydrogen-bond acceptors (Lipinski definition) is 3. The number of benzene rings is 7. The molecule has 0 aliphatic carbocycles. The minimum Gasteiger partial charge on any atom is -0.455 e. The van der Waals surface area contributed by atoms with Crippen LogP contribution in [-0.2, 0) is 0 Å². The molecule has 0 bridgehead atoms. The maximum absolute atomic E-state index is 9.44. The van der Waals surface area contributed by atoms with Crippen molar-refractivity contribution in [2.24, 2.45) is 0 Å². The third-order valence-corrected chi connectivity index (χ3v) is 9.57. The summed E-state index contributed by atoms with van der Waals surface area (Å²) in [6, 6.07) is 61.3. The SMILES string of the molecule is N#Cc1ccc(-c2cc(-c3ccccc3)cc(-c3cc(-c4cccnc4)cc(-c4cccc5c4oc4c(-c6ccccc6)cccc45)c3)c2)cc1. The zero-order chi connectivity index (χ0) is 34.1. The highest BCUT2D eigenvalue weighted by Gasteiger charge is 2.17. The second-order valence-corrected chi connectivity index (χ2v) is 12.7. The topological polar surface area (TPSA) is 49.8 Å². The molecule has 2 heterocycles. The number of rotatable bonds is 6. The summed E-state index contributed by atoms with van der Waals surface area (Å²) in [5, 5.41) is 11.6. The molecule has 0 saturated carbocycles. The molecule has 3 heteroatoms. The van der Waals surface area contributed by atoms with E-state index in [0.717, 1.165) is 88.7 Å². The lowest BCUT2D eigenvalue weighted by Gasteiger charge is -2.14. The number of para-hydroxylation sites is 2. The Bertz CT molecular complexity index is 2720. The smallest absolute Gasteiger partial charge is 0.143 e. The average molecular weight is 651 g/mol. The summed E-state index contributed by atoms with van der Waals surface area (Å²) in [5.74, 6) is 0. The first-order valence-corrected chi connectivity index (χ1v) is 17.0. The number of nitrogens with zero attached hydrogens (tertiary/aromatic N) is 2. The third kappa shape index (κ3) is 5.65. The van der Waals surface area contributed by atoms with E-state index in [0.29, 0.717) is 5.56 Å². The van der Waals surface area contributed by atoms with Gasteiger partial charge < -0.3 is 4.42 Å². The number of fused-ring (bicyclic) bond motifs is 3. The molecular weight excluding hydrogens is 621 g/mol. The standard InChI is InChI=1S/C48H30N2O/c49-30-32-19-21-34(22-20-32)38-24-37(33-10-3-1-4-11-33)25-40(26-38)41-27-39(36-14-9-23-50-31-36)28-42(29-41)44-16-8-18-46-45-17-7-15-43(47(45)51-48(44)46)35-12-5-2-6-13-35/h1-29,31H. The lowest BCUT2D eigenvalue weighted by Crippen LogP contribution is -1.90. The molecule has 0 radical (unpaired) electrons. The molecule has 9 rings (SSSR count). The average Bonchev–Trinajstić information content (AvgIpc) is 3.61. The fraction of sp³-hybridized carbons (Fsp3) is 0. The van der Waals surface area contributed by atoms with Crippen LogP contribution in [0, 0.1) is 11.3 Å². The molecule has 0 spiro atoms. The van der Waals surface area contributed by atoms with Crippen molar-refractivity contribution in [3.63, 3.8) is 0 Å². The molecule has 0 N–H and O–H groups in total. The van der Waals surface area contributed by atoms with Crippen molar-refractivity contribution in [2.75, 3.05) is 0 Å². The zero-order valence-corrected chi connectivity index (χ0v) is 27.6. The van der Waals surface area contributed by atoms with Gasteiger partial charge in [0.25, 0.3) is 0 Å². The maximum atomic E-state index is 9.44. The van der Waals surface area contributed by atoms with Crippen LogP contribution in [0.3, 0.4) is 0 Å². The minimum atomic E-state index is 0.641. The summed E-state index contributed by atoms with van der Waals surface area (Å²) in [5.41, 5.74) is 15.3. The fourth-order valence-corrected chi connectivity index (χ4v) is 7.04. The van der Waals surface area contributed by atoms with Gasteiger partial charge in [-0.1, -0.05) is 115 Å². The van der Waals surface area contributed by atoms with Gasteiger partial charge in [0.2, 0.25) is 0 Å². The van der Waals surface area contributed by atoms with Gasteiger partial charge in [-0.2, -0.15) is 5.26 Å². The van der Waals surface area contributed by atoms with E-state index < -0.39 is 0 Å². The van der Waals surface area contributed by atoms with Gasteiger partial charge in [0.05, 0.1) is 11.6 Å². The van der Waals surface area contributed by atoms with Crippen molar-refractivity contribution in [3.8, 4) is 72.8 Å². The van der Waals surface area contributed by atoms with Gasteiger partial charge >= 0.3 is 0 Å². The Morgan fingerprint density at radius 2 is 0.863 bits per heavy atom. The second kappa shape index (κ2) is 12.8. The van der Waals surface area contributed by atoms with Crippen LogP contribution in [0.2, 0.25) is 0 Å². The number of pyridine rings is 1. The Kier molecular flexibility index (Phi) is 7.54. The third-order valence-electron chi connectivity index (χ3n) is 9.57. The molecule has 7 aromatic carbocycles. The van der Waals surface area contributed by atoms with E-state index in [-0.39, 0.29) is 0 Å². The maximum Gasteiger partial charge on any atom is 0.143 e. The Morgan fingerprint density at radius 1 is 0.392 bits per heavy atom. The first-order chi connectivity index (χ1) is 25.2. The molecule has 51 heavy (non-hydrogen) atoms. The zero-order valence-electron chi connectivity index (χ0n) is 27.6. The van der Waals surface area contributed by atoms with Gasteiger partial charge in [-0.25, -0.2) is 0 Å². The highest BCUT2D eigenvalue weighted by molar-refractivity contribution is 6.13. The van der Waals surface area contributed by atoms with Crippen LogP contribution in [0.1, 0.15) is 5.56 Å². The molecule has 238 valence electrons. The first-order valence-electron chi connectivity index (χ1n) is 17.0. The molecule has 0 fully saturated rings. The summed E-state index contributed by atoms with van der Waals surface area (Å²) in [6.45, 7) is 0. The van der Waals surface area contributed by atoms with Crippen LogP contribution < -0.4 is 0 Å². The minimum absolute atomic E-state index is 0.641. The summed E-state index contributed by atoms with van der Waals surface area (Å²) in [4.78, 5) is 4.46. The van der Waals surface area contributed by atoms with Gasteiger partial charge in [0, 0.05) is 39.9 Å². The summed E-state index contributed by atoms with van der Waals surface area (Å²) in [6.07, 6.45) is 3.72. The van der Waals surface area contributed by atoms with Crippen molar-refractivity contribution in [1.82, 2.24) is 4.98 Å². The van der Waals surface area contributed by atoms with Crippen LogP contribution in [-0.4, -0.2) is 4.98 Å². The Hall–Kier alpha value is -7.02. The largest absolute Gasteiger partial charge is 0.455 e. The molecule has 0 amide bonds. The number of aromatic nitrogens is 1. The van der Waals surface area contributed by atoms with E-state index in [1.165, 1.54) is 0 Å². The van der Waals surface area contributed by atoms with Gasteiger partial charge in [-0.3, -0.25) is 4.98 Å². The van der Waals surface area contributed by atoms with E-state index in [4.69, 9.17) is 4.42 Å². The highest BCUT2D eigenvalue weighted by Crippen LogP contribution is 2.42. The molecule has 3 nitrogen and oxygen atoms in total. The predicted molar refractivity (Wildman–Crippen MR) is 209 cm³/mol. The monoisotopic (exact) mass is 650 g/mol. The van der Waals surface area contributed by atoms with Crippen molar-refractivity contribution in [2.45, 2.75) is 0 Å². The summed E-state index contributed by atoms with van der Waals surface area (Å²) in [7, 11) is 0. The summed E-state index contributed by atoms with van der Waals surface area (Å²) >= 11 is 0. The first kappa shape index (κ1) is 30.1. The predicted octanol–water partition coefficient (Wildman–Crippen LogP) is 12.9.